The lowest BCUT2D eigenvalue weighted by Crippen LogP contribution is -2.37. The number of benzene rings is 3. The van der Waals surface area contributed by atoms with Gasteiger partial charge in [-0.25, -0.2) is 4.79 Å². The number of nitrogens with one attached hydrogen (secondary N) is 1. The van der Waals surface area contributed by atoms with Crippen LogP contribution in [0.25, 0.3) is 10.8 Å². The standard InChI is InChI=1S/C21H19NO3/c23-14-19(22-21(24)25-15-16-7-2-1-3-8-16)13-18-11-6-10-17-9-4-5-12-20(17)18/h1-12,14,19H,13,15H2,(H,22,24)/t19-/m0/s1. The fourth-order valence-electron chi connectivity index (χ4n) is 2.76. The zero-order valence-corrected chi connectivity index (χ0v) is 13.7. The Kier molecular flexibility index (Phi) is 5.42. The molecule has 0 heterocycles. The third-order valence-electron chi connectivity index (χ3n) is 4.00. The molecule has 126 valence electrons. The van der Waals surface area contributed by atoms with Gasteiger partial charge in [0, 0.05) is 6.42 Å². The van der Waals surface area contributed by atoms with Crippen molar-refractivity contribution in [1.82, 2.24) is 5.32 Å². The summed E-state index contributed by atoms with van der Waals surface area (Å²) in [6.07, 6.45) is 0.567. The molecule has 1 N–H and O–H groups in total. The smallest absolute Gasteiger partial charge is 0.408 e. The summed E-state index contributed by atoms with van der Waals surface area (Å²) in [6.45, 7) is 0.173. The molecule has 0 aliphatic rings. The molecule has 0 unspecified atom stereocenters. The Morgan fingerprint density at radius 2 is 1.68 bits per heavy atom. The van der Waals surface area contributed by atoms with E-state index in [1.54, 1.807) is 0 Å². The average molecular weight is 333 g/mol. The second kappa shape index (κ2) is 8.11. The molecule has 0 aliphatic carbocycles. The van der Waals surface area contributed by atoms with Crippen molar-refractivity contribution in [2.45, 2.75) is 19.1 Å². The van der Waals surface area contributed by atoms with Gasteiger partial charge in [0.05, 0.1) is 6.04 Å². The summed E-state index contributed by atoms with van der Waals surface area (Å²) in [6, 6.07) is 22.7. The first kappa shape index (κ1) is 16.7. The minimum atomic E-state index is -0.630. The predicted octanol–water partition coefficient (Wildman–Crippen LogP) is 3.88. The van der Waals surface area contributed by atoms with Gasteiger partial charge in [-0.3, -0.25) is 0 Å². The van der Waals surface area contributed by atoms with Crippen molar-refractivity contribution in [1.29, 1.82) is 0 Å². The van der Waals surface area contributed by atoms with Gasteiger partial charge < -0.3 is 14.8 Å². The van der Waals surface area contributed by atoms with Crippen LogP contribution in [0.3, 0.4) is 0 Å². The number of carbonyl (C=O) groups excluding carboxylic acids is 2. The van der Waals surface area contributed by atoms with Crippen LogP contribution in [0.4, 0.5) is 4.79 Å². The van der Waals surface area contributed by atoms with E-state index in [1.807, 2.05) is 72.8 Å². The minimum absolute atomic E-state index is 0.173. The van der Waals surface area contributed by atoms with Gasteiger partial charge in [-0.15, -0.1) is 0 Å². The molecule has 0 radical (unpaired) electrons. The van der Waals surface area contributed by atoms with Crippen molar-refractivity contribution < 1.29 is 14.3 Å². The lowest BCUT2D eigenvalue weighted by atomic mass is 9.99. The molecule has 1 atom stereocenters. The molecule has 1 amide bonds. The maximum absolute atomic E-state index is 11.9. The van der Waals surface area contributed by atoms with Crippen LogP contribution in [-0.4, -0.2) is 18.4 Å². The molecule has 3 rings (SSSR count). The summed E-state index contributed by atoms with van der Waals surface area (Å²) >= 11 is 0. The molecule has 4 heteroatoms. The van der Waals surface area contributed by atoms with E-state index in [0.29, 0.717) is 6.42 Å². The Hall–Kier alpha value is -3.14. The normalized spacial score (nSPS) is 11.7. The van der Waals surface area contributed by atoms with E-state index < -0.39 is 12.1 Å². The summed E-state index contributed by atoms with van der Waals surface area (Å²) in [5.74, 6) is 0. The van der Waals surface area contributed by atoms with Gasteiger partial charge in [-0.2, -0.15) is 0 Å². The van der Waals surface area contributed by atoms with Crippen LogP contribution in [0.15, 0.2) is 72.8 Å². The average Bonchev–Trinajstić information content (AvgIpc) is 2.67. The lowest BCUT2D eigenvalue weighted by molar-refractivity contribution is -0.109. The first-order valence-electron chi connectivity index (χ1n) is 8.15. The van der Waals surface area contributed by atoms with Gasteiger partial charge in [0.25, 0.3) is 0 Å². The third-order valence-corrected chi connectivity index (χ3v) is 4.00. The van der Waals surface area contributed by atoms with Crippen molar-refractivity contribution in [3.63, 3.8) is 0 Å². The highest BCUT2D eigenvalue weighted by Crippen LogP contribution is 2.19. The summed E-state index contributed by atoms with van der Waals surface area (Å²) in [7, 11) is 0. The minimum Gasteiger partial charge on any atom is -0.445 e. The number of fused-ring (bicyclic) bond motifs is 1. The molecule has 25 heavy (non-hydrogen) atoms. The van der Waals surface area contributed by atoms with Crippen molar-refractivity contribution in [3.05, 3.63) is 83.9 Å². The molecular weight excluding hydrogens is 314 g/mol. The lowest BCUT2D eigenvalue weighted by Gasteiger charge is -2.14. The van der Waals surface area contributed by atoms with Crippen LogP contribution in [0.5, 0.6) is 0 Å². The van der Waals surface area contributed by atoms with E-state index in [-0.39, 0.29) is 6.61 Å². The molecule has 3 aromatic carbocycles. The summed E-state index contributed by atoms with van der Waals surface area (Å²) < 4.78 is 5.18. The maximum atomic E-state index is 11.9. The second-order valence-corrected chi connectivity index (χ2v) is 5.79. The van der Waals surface area contributed by atoms with Gasteiger partial charge in [-0.05, 0) is 21.9 Å². The van der Waals surface area contributed by atoms with Gasteiger partial charge in [0.1, 0.15) is 12.9 Å². The van der Waals surface area contributed by atoms with E-state index >= 15 is 0 Å². The van der Waals surface area contributed by atoms with E-state index in [1.165, 1.54) is 0 Å². The number of hydrogen-bond acceptors (Lipinski definition) is 3. The van der Waals surface area contributed by atoms with Gasteiger partial charge in [0.15, 0.2) is 0 Å². The molecule has 0 fully saturated rings. The molecule has 0 spiro atoms. The molecular formula is C21H19NO3. The fraction of sp³-hybridized carbons (Fsp3) is 0.143. The van der Waals surface area contributed by atoms with Crippen molar-refractivity contribution in [2.75, 3.05) is 0 Å². The second-order valence-electron chi connectivity index (χ2n) is 5.79. The van der Waals surface area contributed by atoms with Gasteiger partial charge in [0.2, 0.25) is 0 Å². The van der Waals surface area contributed by atoms with Crippen LogP contribution >= 0.6 is 0 Å². The predicted molar refractivity (Wildman–Crippen MR) is 97.3 cm³/mol. The Bertz CT molecular complexity index is 856. The van der Waals surface area contributed by atoms with Crippen LogP contribution in [-0.2, 0) is 22.6 Å². The van der Waals surface area contributed by atoms with Crippen LogP contribution < -0.4 is 5.32 Å². The quantitative estimate of drug-likeness (QED) is 0.697. The van der Waals surface area contributed by atoms with E-state index in [4.69, 9.17) is 4.74 Å². The number of ether oxygens (including phenoxy) is 1. The zero-order chi connectivity index (χ0) is 17.5. The van der Waals surface area contributed by atoms with E-state index in [9.17, 15) is 9.59 Å². The van der Waals surface area contributed by atoms with Crippen LogP contribution in [0.1, 0.15) is 11.1 Å². The van der Waals surface area contributed by atoms with E-state index in [2.05, 4.69) is 5.32 Å². The topological polar surface area (TPSA) is 55.4 Å². The SMILES string of the molecule is O=C[C@H](Cc1cccc2ccccc12)NC(=O)OCc1ccccc1. The Morgan fingerprint density at radius 1 is 0.960 bits per heavy atom. The van der Waals surface area contributed by atoms with Crippen molar-refractivity contribution in [3.8, 4) is 0 Å². The van der Waals surface area contributed by atoms with Crippen molar-refractivity contribution in [2.24, 2.45) is 0 Å². The summed E-state index contributed by atoms with van der Waals surface area (Å²) in [5, 5.41) is 4.81. The third kappa shape index (κ3) is 4.44. The van der Waals surface area contributed by atoms with Crippen molar-refractivity contribution >= 4 is 23.2 Å². The number of rotatable bonds is 6. The Balaban J connectivity index is 1.62. The highest BCUT2D eigenvalue weighted by molar-refractivity contribution is 5.86. The molecule has 0 aliphatic heterocycles. The fourth-order valence-corrected chi connectivity index (χ4v) is 2.76. The largest absolute Gasteiger partial charge is 0.445 e. The number of carbonyl (C=O) groups is 2. The van der Waals surface area contributed by atoms with Gasteiger partial charge in [-0.1, -0.05) is 72.8 Å². The maximum Gasteiger partial charge on any atom is 0.408 e. The molecule has 0 saturated carbocycles. The first-order valence-corrected chi connectivity index (χ1v) is 8.15. The molecule has 4 nitrogen and oxygen atoms in total. The Morgan fingerprint density at radius 3 is 2.48 bits per heavy atom. The molecule has 0 bridgehead atoms. The highest BCUT2D eigenvalue weighted by Gasteiger charge is 2.14. The monoisotopic (exact) mass is 333 g/mol. The number of amides is 1. The Labute approximate surface area is 146 Å². The van der Waals surface area contributed by atoms with Crippen LogP contribution in [0, 0.1) is 0 Å². The number of hydrogen-bond donors (Lipinski definition) is 1. The molecule has 3 aromatic rings. The summed E-state index contributed by atoms with van der Waals surface area (Å²) in [4.78, 5) is 23.3. The number of alkyl carbamates (subject to hydrolysis) is 1. The number of aldehydes is 1. The zero-order valence-electron chi connectivity index (χ0n) is 13.7. The molecule has 0 aromatic heterocycles. The highest BCUT2D eigenvalue weighted by atomic mass is 16.5. The van der Waals surface area contributed by atoms with Gasteiger partial charge >= 0.3 is 6.09 Å². The summed E-state index contributed by atoms with van der Waals surface area (Å²) in [5.41, 5.74) is 1.91. The van der Waals surface area contributed by atoms with Crippen LogP contribution in [0.2, 0.25) is 0 Å². The first-order chi connectivity index (χ1) is 12.3. The van der Waals surface area contributed by atoms with E-state index in [0.717, 1.165) is 28.2 Å². The molecule has 0 saturated heterocycles.